The van der Waals surface area contributed by atoms with Crippen LogP contribution < -0.4 is 0 Å². The summed E-state index contributed by atoms with van der Waals surface area (Å²) in [6.07, 6.45) is 20.0. The van der Waals surface area contributed by atoms with Gasteiger partial charge in [0, 0.05) is 0 Å². The maximum absolute atomic E-state index is 10.7. The van der Waals surface area contributed by atoms with Crippen molar-refractivity contribution < 1.29 is 42.3 Å². The summed E-state index contributed by atoms with van der Waals surface area (Å²) in [5, 5.41) is 0. The molecule has 0 bridgehead atoms. The number of rotatable bonds is 0. The predicted octanol–water partition coefficient (Wildman–Crippen LogP) is 5.42. The Labute approximate surface area is 115 Å². The van der Waals surface area contributed by atoms with Crippen LogP contribution in [0.15, 0.2) is 0 Å². The summed E-state index contributed by atoms with van der Waals surface area (Å²) in [6.45, 7) is 0. The van der Waals surface area contributed by atoms with Crippen molar-refractivity contribution in [3.63, 3.8) is 0 Å². The fraction of sp³-hybridized carbons (Fsp3) is 0. The van der Waals surface area contributed by atoms with Gasteiger partial charge in [0.2, 0.25) is 0 Å². The summed E-state index contributed by atoms with van der Waals surface area (Å²) < 4.78 is 59.2. The summed E-state index contributed by atoms with van der Waals surface area (Å²) in [5.41, 5.74) is 0. The van der Waals surface area contributed by atoms with Gasteiger partial charge >= 0.3 is 50.1 Å². The van der Waals surface area contributed by atoms with Gasteiger partial charge in [0.1, 0.15) is 0 Å². The second-order valence-corrected chi connectivity index (χ2v) is 4.80. The molecule has 0 aromatic heterocycles. The van der Waals surface area contributed by atoms with Crippen LogP contribution in [-0.4, -0.2) is 0 Å². The Balaban J connectivity index is 0. The first-order valence-electron chi connectivity index (χ1n) is 4.35. The normalized spacial score (nSPS) is 22.3. The van der Waals surface area contributed by atoms with Crippen LogP contribution in [0.3, 0.4) is 0 Å². The minimum absolute atomic E-state index is 0. The Bertz CT molecular complexity index is 167. The first-order chi connectivity index (χ1) is 7.45. The van der Waals surface area contributed by atoms with Crippen molar-refractivity contribution in [2.45, 2.75) is 0 Å². The largest absolute Gasteiger partial charge is 1.00 e. The summed E-state index contributed by atoms with van der Waals surface area (Å²) in [4.78, 5) is 0. The summed E-state index contributed by atoms with van der Waals surface area (Å²) in [6, 6.07) is 0. The molecule has 0 heterocycles. The van der Waals surface area contributed by atoms with E-state index in [1.807, 2.05) is 64.2 Å². The molecule has 2 aliphatic carbocycles. The first kappa shape index (κ1) is 20.8. The monoisotopic (exact) mass is 331 g/mol. The van der Waals surface area contributed by atoms with Gasteiger partial charge in [-0.3, -0.25) is 0 Å². The average Bonchev–Trinajstić information content (AvgIpc) is 2.78. The van der Waals surface area contributed by atoms with Crippen molar-refractivity contribution in [2.24, 2.45) is 0 Å². The van der Waals surface area contributed by atoms with Crippen molar-refractivity contribution in [1.29, 1.82) is 0 Å². The molecule has 18 heavy (non-hydrogen) atoms. The van der Waals surface area contributed by atoms with Crippen LogP contribution in [0, 0.1) is 64.2 Å². The zero-order chi connectivity index (χ0) is 13.5. The Kier molecular flexibility index (Phi) is 8.51. The SMILES string of the molecule is F[P-](F)(F)(F)(F)F.[CH]1[CH][CH][CH][CH]1.[CH]1[CH][CH][CH][CH]1.[Fe+]. The molecule has 11 radical (unpaired) electrons. The topological polar surface area (TPSA) is 0 Å². The third-order valence-corrected chi connectivity index (χ3v) is 1.11. The molecule has 2 fully saturated rings. The van der Waals surface area contributed by atoms with Crippen LogP contribution in [0.2, 0.25) is 0 Å². The summed E-state index contributed by atoms with van der Waals surface area (Å²) in [7, 11) is -10.7. The van der Waals surface area contributed by atoms with E-state index in [0.29, 0.717) is 0 Å². The van der Waals surface area contributed by atoms with E-state index in [0.717, 1.165) is 0 Å². The molecular weight excluding hydrogens is 321 g/mol. The Hall–Kier alpha value is 0.529. The molecule has 0 saturated heterocycles. The maximum Gasteiger partial charge on any atom is 1.00 e. The van der Waals surface area contributed by atoms with E-state index in [1.54, 1.807) is 0 Å². The summed E-state index contributed by atoms with van der Waals surface area (Å²) >= 11 is 0. The van der Waals surface area contributed by atoms with Crippen LogP contribution in [0.4, 0.5) is 25.2 Å². The molecule has 0 unspecified atom stereocenters. The van der Waals surface area contributed by atoms with E-state index in [9.17, 15) is 25.2 Å². The molecule has 8 heteroatoms. The van der Waals surface area contributed by atoms with Gasteiger partial charge in [-0.15, -0.1) is 0 Å². The predicted molar refractivity (Wildman–Crippen MR) is 56.6 cm³/mol. The molecule has 0 nitrogen and oxygen atoms in total. The summed E-state index contributed by atoms with van der Waals surface area (Å²) in [5.74, 6) is 0. The van der Waals surface area contributed by atoms with Gasteiger partial charge in [-0.1, -0.05) is 0 Å². The molecule has 0 spiro atoms. The van der Waals surface area contributed by atoms with Gasteiger partial charge in [0.05, 0.1) is 0 Å². The Morgan fingerprint density at radius 3 is 0.500 bits per heavy atom. The minimum Gasteiger partial charge on any atom is -0.0312 e. The van der Waals surface area contributed by atoms with Crippen molar-refractivity contribution in [1.82, 2.24) is 0 Å². The van der Waals surface area contributed by atoms with E-state index >= 15 is 0 Å². The molecule has 2 aliphatic rings. The van der Waals surface area contributed by atoms with Gasteiger partial charge in [-0.25, -0.2) is 0 Å². The van der Waals surface area contributed by atoms with Gasteiger partial charge in [-0.05, 0) is 64.2 Å². The fourth-order valence-electron chi connectivity index (χ4n) is 0.642. The number of hydrogen-bond acceptors (Lipinski definition) is 0. The van der Waals surface area contributed by atoms with Crippen molar-refractivity contribution in [2.75, 3.05) is 0 Å². The second kappa shape index (κ2) is 7.35. The maximum atomic E-state index is 9.87. The van der Waals surface area contributed by atoms with Gasteiger partial charge in [0.25, 0.3) is 0 Å². The van der Waals surface area contributed by atoms with Crippen LogP contribution in [0.25, 0.3) is 0 Å². The molecule has 0 aromatic carbocycles. The third kappa shape index (κ3) is 36.0. The van der Waals surface area contributed by atoms with E-state index in [-0.39, 0.29) is 17.1 Å². The molecular formula is C10H10F6FeP. The van der Waals surface area contributed by atoms with Crippen molar-refractivity contribution in [3.8, 4) is 0 Å². The van der Waals surface area contributed by atoms with E-state index in [2.05, 4.69) is 0 Å². The van der Waals surface area contributed by atoms with Gasteiger partial charge in [-0.2, -0.15) is 0 Å². The minimum atomic E-state index is -10.7. The zero-order valence-electron chi connectivity index (χ0n) is 8.84. The van der Waals surface area contributed by atoms with Gasteiger partial charge < -0.3 is 0 Å². The quantitative estimate of drug-likeness (QED) is 0.316. The van der Waals surface area contributed by atoms with Crippen molar-refractivity contribution >= 4 is 7.81 Å². The average molecular weight is 331 g/mol. The van der Waals surface area contributed by atoms with Crippen LogP contribution >= 0.6 is 7.81 Å². The van der Waals surface area contributed by atoms with Crippen molar-refractivity contribution in [3.05, 3.63) is 64.2 Å². The molecule has 0 aliphatic heterocycles. The first-order valence-corrected chi connectivity index (χ1v) is 6.38. The van der Waals surface area contributed by atoms with Gasteiger partial charge in [0.15, 0.2) is 0 Å². The van der Waals surface area contributed by atoms with E-state index in [4.69, 9.17) is 0 Å². The number of halogens is 6. The molecule has 0 N–H and O–H groups in total. The smallest absolute Gasteiger partial charge is 0.0312 e. The van der Waals surface area contributed by atoms with E-state index < -0.39 is 7.81 Å². The molecule has 2 saturated carbocycles. The third-order valence-electron chi connectivity index (χ3n) is 1.11. The molecule has 0 amide bonds. The second-order valence-electron chi connectivity index (χ2n) is 2.88. The standard InChI is InChI=1S/2C5H5.F6P.Fe/c2*1-2-4-5-3-1;1-7(2,3,4,5)6;/h2*1-5H;;/q;;-1;+1. The number of hydrogen-bond donors (Lipinski definition) is 0. The van der Waals surface area contributed by atoms with Crippen LogP contribution in [-0.2, 0) is 17.1 Å². The Morgan fingerprint density at radius 1 is 0.389 bits per heavy atom. The van der Waals surface area contributed by atoms with Crippen LogP contribution in [0.1, 0.15) is 0 Å². The fourth-order valence-corrected chi connectivity index (χ4v) is 0.642. The molecule has 0 atom stereocenters. The molecule has 0 aromatic rings. The molecule has 105 valence electrons. The van der Waals surface area contributed by atoms with E-state index in [1.165, 1.54) is 0 Å². The molecule has 2 rings (SSSR count). The Morgan fingerprint density at radius 2 is 0.444 bits per heavy atom. The zero-order valence-corrected chi connectivity index (χ0v) is 10.8. The van der Waals surface area contributed by atoms with Crippen LogP contribution in [0.5, 0.6) is 0 Å².